The molecule has 0 aliphatic heterocycles. The fourth-order valence-electron chi connectivity index (χ4n) is 2.88. The van der Waals surface area contributed by atoms with Gasteiger partial charge in [-0.25, -0.2) is 4.99 Å². The van der Waals surface area contributed by atoms with Crippen molar-refractivity contribution < 1.29 is 4.79 Å². The first kappa shape index (κ1) is 18.9. The molecule has 0 saturated heterocycles. The number of aliphatic imine (C=N–C) groups is 1. The van der Waals surface area contributed by atoms with Gasteiger partial charge in [-0.3, -0.25) is 4.79 Å². The maximum absolute atomic E-state index is 11.9. The van der Waals surface area contributed by atoms with Crippen molar-refractivity contribution >= 4 is 35.1 Å². The van der Waals surface area contributed by atoms with Crippen LogP contribution in [0.1, 0.15) is 50.6 Å². The number of nitrogens with one attached hydrogen (secondary N) is 2. The molecule has 0 spiro atoms. The van der Waals surface area contributed by atoms with Gasteiger partial charge in [-0.2, -0.15) is 0 Å². The van der Waals surface area contributed by atoms with E-state index in [2.05, 4.69) is 15.6 Å². The third-order valence-corrected chi connectivity index (χ3v) is 4.72. The maximum atomic E-state index is 11.9. The van der Waals surface area contributed by atoms with Crippen molar-refractivity contribution in [3.8, 4) is 0 Å². The normalized spacial score (nSPS) is 17.4. The largest absolute Gasteiger partial charge is 0.370 e. The van der Waals surface area contributed by atoms with Gasteiger partial charge in [0.1, 0.15) is 6.54 Å². The summed E-state index contributed by atoms with van der Waals surface area (Å²) in [4.78, 5) is 16.0. The van der Waals surface area contributed by atoms with Gasteiger partial charge < -0.3 is 16.4 Å². The fraction of sp³-hybridized carbons (Fsp3) is 0.529. The summed E-state index contributed by atoms with van der Waals surface area (Å²) < 4.78 is 0. The number of carbonyl (C=O) groups excluding carboxylic acids is 1. The highest BCUT2D eigenvalue weighted by atomic mass is 35.5. The second kappa shape index (κ2) is 9.14. The summed E-state index contributed by atoms with van der Waals surface area (Å²) in [5, 5.41) is 7.19. The first-order chi connectivity index (χ1) is 11.5. The van der Waals surface area contributed by atoms with Crippen LogP contribution in [0.5, 0.6) is 0 Å². The lowest BCUT2D eigenvalue weighted by Crippen LogP contribution is -2.39. The van der Waals surface area contributed by atoms with Crippen LogP contribution in [-0.4, -0.2) is 24.5 Å². The van der Waals surface area contributed by atoms with Gasteiger partial charge in [0.05, 0.1) is 6.04 Å². The fourth-order valence-corrected chi connectivity index (χ4v) is 3.45. The summed E-state index contributed by atoms with van der Waals surface area (Å²) in [5.41, 5.74) is 6.73. The number of hydrogen-bond donors (Lipinski definition) is 3. The predicted octanol–water partition coefficient (Wildman–Crippen LogP) is 3.41. The molecule has 1 unspecified atom stereocenters. The molecular weight excluding hydrogens is 347 g/mol. The lowest BCUT2D eigenvalue weighted by molar-refractivity contribution is -0.120. The molecule has 1 saturated carbocycles. The molecular formula is C17H24Cl2N4O. The number of rotatable bonds is 5. The molecule has 1 aromatic carbocycles. The Bertz CT molecular complexity index is 600. The molecule has 1 aliphatic rings. The van der Waals surface area contributed by atoms with Crippen LogP contribution in [0.3, 0.4) is 0 Å². The van der Waals surface area contributed by atoms with Crippen molar-refractivity contribution in [3.05, 3.63) is 33.8 Å². The summed E-state index contributed by atoms with van der Waals surface area (Å²) in [6.07, 6.45) is 5.71. The van der Waals surface area contributed by atoms with E-state index in [9.17, 15) is 4.79 Å². The molecule has 1 fully saturated rings. The number of benzene rings is 1. The quantitative estimate of drug-likeness (QED) is 0.548. The summed E-state index contributed by atoms with van der Waals surface area (Å²) in [6, 6.07) is 5.43. The lowest BCUT2D eigenvalue weighted by Gasteiger charge is -2.22. The van der Waals surface area contributed by atoms with Gasteiger partial charge in [0, 0.05) is 16.1 Å². The molecule has 2 rings (SSSR count). The molecule has 0 heterocycles. The van der Waals surface area contributed by atoms with Crippen LogP contribution in [0, 0.1) is 0 Å². The Morgan fingerprint density at radius 1 is 1.33 bits per heavy atom. The van der Waals surface area contributed by atoms with Crippen molar-refractivity contribution in [1.82, 2.24) is 10.6 Å². The Labute approximate surface area is 153 Å². The van der Waals surface area contributed by atoms with Gasteiger partial charge in [0.25, 0.3) is 0 Å². The highest BCUT2D eigenvalue weighted by Gasteiger charge is 2.15. The highest BCUT2D eigenvalue weighted by Crippen LogP contribution is 2.25. The van der Waals surface area contributed by atoms with Crippen molar-refractivity contribution in [2.45, 2.75) is 51.1 Å². The lowest BCUT2D eigenvalue weighted by atomic mass is 9.95. The Kier molecular flexibility index (Phi) is 7.18. The zero-order valence-corrected chi connectivity index (χ0v) is 15.3. The SMILES string of the molecule is CC(NC(N)=NCC(=O)NC1CCCCC1)c1ccc(Cl)cc1Cl. The molecule has 132 valence electrons. The Balaban J connectivity index is 1.83. The van der Waals surface area contributed by atoms with Gasteiger partial charge >= 0.3 is 0 Å². The van der Waals surface area contributed by atoms with Crippen LogP contribution in [-0.2, 0) is 4.79 Å². The van der Waals surface area contributed by atoms with E-state index in [0.29, 0.717) is 10.0 Å². The zero-order chi connectivity index (χ0) is 17.5. The minimum absolute atomic E-state index is 0.0242. The van der Waals surface area contributed by atoms with Crippen LogP contribution >= 0.6 is 23.2 Å². The van der Waals surface area contributed by atoms with E-state index in [1.165, 1.54) is 19.3 Å². The molecule has 0 radical (unpaired) electrons. The third-order valence-electron chi connectivity index (χ3n) is 4.16. The van der Waals surface area contributed by atoms with Crippen LogP contribution in [0.4, 0.5) is 0 Å². The van der Waals surface area contributed by atoms with Gasteiger partial charge in [-0.05, 0) is 37.5 Å². The van der Waals surface area contributed by atoms with E-state index in [4.69, 9.17) is 28.9 Å². The second-order valence-corrected chi connectivity index (χ2v) is 6.98. The molecule has 4 N–H and O–H groups in total. The van der Waals surface area contributed by atoms with E-state index < -0.39 is 0 Å². The van der Waals surface area contributed by atoms with Crippen LogP contribution in [0.2, 0.25) is 10.0 Å². The molecule has 24 heavy (non-hydrogen) atoms. The average molecular weight is 371 g/mol. The number of carbonyl (C=O) groups is 1. The number of nitrogens with two attached hydrogens (primary N) is 1. The van der Waals surface area contributed by atoms with Gasteiger partial charge in [0.15, 0.2) is 5.96 Å². The molecule has 1 atom stereocenters. The zero-order valence-electron chi connectivity index (χ0n) is 13.8. The molecule has 1 aliphatic carbocycles. The molecule has 1 amide bonds. The average Bonchev–Trinajstić information content (AvgIpc) is 2.53. The molecule has 0 aromatic heterocycles. The van der Waals surface area contributed by atoms with Gasteiger partial charge in [0.2, 0.25) is 5.91 Å². The number of halogens is 2. The number of hydrogen-bond acceptors (Lipinski definition) is 2. The van der Waals surface area contributed by atoms with Gasteiger partial charge in [-0.15, -0.1) is 0 Å². The third kappa shape index (κ3) is 5.87. The van der Waals surface area contributed by atoms with Crippen molar-refractivity contribution in [3.63, 3.8) is 0 Å². The predicted molar refractivity (Wildman–Crippen MR) is 99.5 cm³/mol. The molecule has 1 aromatic rings. The number of guanidine groups is 1. The Hall–Kier alpha value is -1.46. The van der Waals surface area contributed by atoms with E-state index in [1.54, 1.807) is 12.1 Å². The highest BCUT2D eigenvalue weighted by molar-refractivity contribution is 6.35. The molecule has 5 nitrogen and oxygen atoms in total. The molecule has 0 bridgehead atoms. The standard InChI is InChI=1S/C17H24Cl2N4O/c1-11(14-8-7-12(18)9-15(14)19)22-17(20)21-10-16(24)23-13-5-3-2-4-6-13/h7-9,11,13H,2-6,10H2,1H3,(H,23,24)(H3,20,21,22). The first-order valence-corrected chi connectivity index (χ1v) is 9.02. The Morgan fingerprint density at radius 3 is 2.71 bits per heavy atom. The minimum Gasteiger partial charge on any atom is -0.370 e. The van der Waals surface area contributed by atoms with E-state index in [1.807, 2.05) is 13.0 Å². The Morgan fingerprint density at radius 2 is 2.04 bits per heavy atom. The monoisotopic (exact) mass is 370 g/mol. The summed E-state index contributed by atoms with van der Waals surface area (Å²) in [5.74, 6) is 0.121. The smallest absolute Gasteiger partial charge is 0.242 e. The van der Waals surface area contributed by atoms with Gasteiger partial charge in [-0.1, -0.05) is 48.5 Å². The van der Waals surface area contributed by atoms with E-state index >= 15 is 0 Å². The first-order valence-electron chi connectivity index (χ1n) is 8.26. The van der Waals surface area contributed by atoms with Crippen molar-refractivity contribution in [2.24, 2.45) is 10.7 Å². The maximum Gasteiger partial charge on any atom is 0.242 e. The van der Waals surface area contributed by atoms with Crippen molar-refractivity contribution in [2.75, 3.05) is 6.54 Å². The topological polar surface area (TPSA) is 79.5 Å². The minimum atomic E-state index is -0.139. The van der Waals surface area contributed by atoms with Crippen LogP contribution in [0.25, 0.3) is 0 Å². The van der Waals surface area contributed by atoms with E-state index in [-0.39, 0.29) is 30.5 Å². The van der Waals surface area contributed by atoms with Crippen LogP contribution in [0.15, 0.2) is 23.2 Å². The van der Waals surface area contributed by atoms with E-state index in [0.717, 1.165) is 18.4 Å². The molecule has 7 heteroatoms. The summed E-state index contributed by atoms with van der Waals surface area (Å²) in [6.45, 7) is 1.94. The number of amides is 1. The second-order valence-electron chi connectivity index (χ2n) is 6.14. The number of nitrogens with zero attached hydrogens (tertiary/aromatic N) is 1. The van der Waals surface area contributed by atoms with Crippen molar-refractivity contribution in [1.29, 1.82) is 0 Å². The summed E-state index contributed by atoms with van der Waals surface area (Å²) in [7, 11) is 0. The van der Waals surface area contributed by atoms with Crippen LogP contribution < -0.4 is 16.4 Å². The summed E-state index contributed by atoms with van der Waals surface area (Å²) >= 11 is 12.1.